The molecule has 4 nitrogen and oxygen atoms in total. The van der Waals surface area contributed by atoms with Gasteiger partial charge in [0, 0.05) is 31.5 Å². The normalized spacial score (nSPS) is 10.2. The minimum absolute atomic E-state index is 0.0929. The van der Waals surface area contributed by atoms with E-state index in [0.29, 0.717) is 18.1 Å². The molecule has 5 heteroatoms. The van der Waals surface area contributed by atoms with Crippen molar-refractivity contribution in [1.29, 1.82) is 0 Å². The van der Waals surface area contributed by atoms with Crippen LogP contribution in [0.25, 0.3) is 11.1 Å². The number of carbonyl (C=O) groups excluding carboxylic acids is 2. The first-order chi connectivity index (χ1) is 11.1. The van der Waals surface area contributed by atoms with Gasteiger partial charge in [-0.2, -0.15) is 0 Å². The van der Waals surface area contributed by atoms with Crippen LogP contribution >= 0.6 is 11.6 Å². The maximum atomic E-state index is 11.8. The van der Waals surface area contributed by atoms with Crippen molar-refractivity contribution in [3.05, 3.63) is 59.1 Å². The Morgan fingerprint density at radius 1 is 1.00 bits per heavy atom. The summed E-state index contributed by atoms with van der Waals surface area (Å²) in [6.45, 7) is 2.22. The summed E-state index contributed by atoms with van der Waals surface area (Å²) in [4.78, 5) is 22.6. The van der Waals surface area contributed by atoms with Crippen LogP contribution in [0.15, 0.2) is 48.5 Å². The van der Waals surface area contributed by atoms with Crippen molar-refractivity contribution >= 4 is 23.4 Å². The van der Waals surface area contributed by atoms with E-state index in [-0.39, 0.29) is 18.2 Å². The number of benzene rings is 2. The number of rotatable bonds is 6. The lowest BCUT2D eigenvalue weighted by Crippen LogP contribution is -2.29. The van der Waals surface area contributed by atoms with E-state index in [2.05, 4.69) is 10.6 Å². The fourth-order valence-corrected chi connectivity index (χ4v) is 2.35. The zero-order chi connectivity index (χ0) is 16.7. The van der Waals surface area contributed by atoms with Crippen molar-refractivity contribution < 1.29 is 9.59 Å². The van der Waals surface area contributed by atoms with Crippen molar-refractivity contribution in [2.45, 2.75) is 19.9 Å². The molecule has 0 saturated heterocycles. The molecule has 0 bridgehead atoms. The highest BCUT2D eigenvalue weighted by Gasteiger charge is 2.07. The minimum Gasteiger partial charge on any atom is -0.356 e. The largest absolute Gasteiger partial charge is 0.356 e. The Labute approximate surface area is 140 Å². The predicted octanol–water partition coefficient (Wildman–Crippen LogP) is 3.15. The van der Waals surface area contributed by atoms with Crippen molar-refractivity contribution in [2.24, 2.45) is 0 Å². The average Bonchev–Trinajstić information content (AvgIpc) is 2.54. The predicted molar refractivity (Wildman–Crippen MR) is 92.0 cm³/mol. The molecule has 23 heavy (non-hydrogen) atoms. The Kier molecular flexibility index (Phi) is 6.18. The molecule has 0 radical (unpaired) electrons. The molecule has 0 fully saturated rings. The van der Waals surface area contributed by atoms with Gasteiger partial charge in [-0.25, -0.2) is 0 Å². The SMILES string of the molecule is CC(=O)NCCC(=O)NCc1ccccc1-c1ccc(Cl)cc1. The number of hydrogen-bond donors (Lipinski definition) is 2. The van der Waals surface area contributed by atoms with Crippen molar-refractivity contribution in [1.82, 2.24) is 10.6 Å². The van der Waals surface area contributed by atoms with Gasteiger partial charge in [0.15, 0.2) is 0 Å². The summed E-state index contributed by atoms with van der Waals surface area (Å²) in [5.41, 5.74) is 3.14. The zero-order valence-corrected chi connectivity index (χ0v) is 13.7. The van der Waals surface area contributed by atoms with Crippen molar-refractivity contribution in [3.63, 3.8) is 0 Å². The summed E-state index contributed by atoms with van der Waals surface area (Å²) in [6.07, 6.45) is 0.267. The number of hydrogen-bond acceptors (Lipinski definition) is 2. The molecule has 2 rings (SSSR count). The van der Waals surface area contributed by atoms with Crippen LogP contribution in [0.4, 0.5) is 0 Å². The lowest BCUT2D eigenvalue weighted by Gasteiger charge is -2.11. The minimum atomic E-state index is -0.133. The number of halogens is 1. The molecule has 2 N–H and O–H groups in total. The average molecular weight is 331 g/mol. The quantitative estimate of drug-likeness (QED) is 0.854. The van der Waals surface area contributed by atoms with Crippen molar-refractivity contribution in [3.8, 4) is 11.1 Å². The molecular weight excluding hydrogens is 312 g/mol. The monoisotopic (exact) mass is 330 g/mol. The summed E-state index contributed by atoms with van der Waals surface area (Å²) in [5, 5.41) is 6.17. The van der Waals surface area contributed by atoms with Crippen LogP contribution in [-0.4, -0.2) is 18.4 Å². The highest BCUT2D eigenvalue weighted by molar-refractivity contribution is 6.30. The first kappa shape index (κ1) is 17.0. The summed E-state index contributed by atoms with van der Waals surface area (Å²) >= 11 is 5.93. The molecule has 2 aromatic carbocycles. The van der Waals surface area contributed by atoms with Crippen LogP contribution in [0.3, 0.4) is 0 Å². The van der Waals surface area contributed by atoms with Gasteiger partial charge >= 0.3 is 0 Å². The first-order valence-corrected chi connectivity index (χ1v) is 7.79. The molecule has 0 unspecified atom stereocenters. The summed E-state index contributed by atoms with van der Waals surface area (Å²) in [5.74, 6) is -0.226. The van der Waals surface area contributed by atoms with Gasteiger partial charge in [-0.3, -0.25) is 9.59 Å². The molecule has 0 aliphatic rings. The zero-order valence-electron chi connectivity index (χ0n) is 12.9. The van der Waals surface area contributed by atoms with Gasteiger partial charge < -0.3 is 10.6 Å². The van der Waals surface area contributed by atoms with E-state index in [4.69, 9.17) is 11.6 Å². The molecule has 0 heterocycles. The maximum absolute atomic E-state index is 11.8. The number of carbonyl (C=O) groups is 2. The molecule has 120 valence electrons. The Hall–Kier alpha value is -2.33. The molecule has 0 aromatic heterocycles. The Morgan fingerprint density at radius 2 is 1.70 bits per heavy atom. The van der Waals surface area contributed by atoms with E-state index in [0.717, 1.165) is 16.7 Å². The van der Waals surface area contributed by atoms with E-state index >= 15 is 0 Å². The Morgan fingerprint density at radius 3 is 2.39 bits per heavy atom. The molecule has 2 amide bonds. The first-order valence-electron chi connectivity index (χ1n) is 7.41. The maximum Gasteiger partial charge on any atom is 0.222 e. The third-order valence-corrected chi connectivity index (χ3v) is 3.63. The third kappa shape index (κ3) is 5.42. The van der Waals surface area contributed by atoms with Crippen LogP contribution in [0.5, 0.6) is 0 Å². The van der Waals surface area contributed by atoms with E-state index in [1.807, 2.05) is 48.5 Å². The van der Waals surface area contributed by atoms with E-state index in [1.165, 1.54) is 6.92 Å². The number of amides is 2. The topological polar surface area (TPSA) is 58.2 Å². The van der Waals surface area contributed by atoms with Gasteiger partial charge in [0.1, 0.15) is 0 Å². The van der Waals surface area contributed by atoms with Gasteiger partial charge in [0.2, 0.25) is 11.8 Å². The summed E-state index contributed by atoms with van der Waals surface area (Å²) < 4.78 is 0. The second-order valence-corrected chi connectivity index (χ2v) is 5.61. The molecular formula is C18H19ClN2O2. The van der Waals surface area contributed by atoms with Crippen LogP contribution in [0.2, 0.25) is 5.02 Å². The van der Waals surface area contributed by atoms with Gasteiger partial charge in [0.25, 0.3) is 0 Å². The molecule has 0 saturated carbocycles. The number of nitrogens with one attached hydrogen (secondary N) is 2. The summed E-state index contributed by atoms with van der Waals surface area (Å²) in [7, 11) is 0. The van der Waals surface area contributed by atoms with E-state index < -0.39 is 0 Å². The highest BCUT2D eigenvalue weighted by atomic mass is 35.5. The van der Waals surface area contributed by atoms with Crippen LogP contribution in [0.1, 0.15) is 18.9 Å². The van der Waals surface area contributed by atoms with Gasteiger partial charge in [-0.15, -0.1) is 0 Å². The molecule has 0 spiro atoms. The van der Waals surface area contributed by atoms with Gasteiger partial charge in [0.05, 0.1) is 0 Å². The van der Waals surface area contributed by atoms with Crippen LogP contribution in [0, 0.1) is 0 Å². The molecule has 2 aromatic rings. The second-order valence-electron chi connectivity index (χ2n) is 5.17. The van der Waals surface area contributed by atoms with Crippen molar-refractivity contribution in [2.75, 3.05) is 6.54 Å². The highest BCUT2D eigenvalue weighted by Crippen LogP contribution is 2.25. The van der Waals surface area contributed by atoms with E-state index in [1.54, 1.807) is 0 Å². The van der Waals surface area contributed by atoms with Gasteiger partial charge in [-0.1, -0.05) is 48.0 Å². The molecule has 0 aliphatic carbocycles. The fraction of sp³-hybridized carbons (Fsp3) is 0.222. The lowest BCUT2D eigenvalue weighted by atomic mass is 10.00. The molecule has 0 aliphatic heterocycles. The summed E-state index contributed by atoms with van der Waals surface area (Å²) in [6, 6.07) is 15.5. The third-order valence-electron chi connectivity index (χ3n) is 3.37. The van der Waals surface area contributed by atoms with Crippen LogP contribution in [-0.2, 0) is 16.1 Å². The Bertz CT molecular complexity index is 684. The Balaban J connectivity index is 1.99. The smallest absolute Gasteiger partial charge is 0.222 e. The molecule has 0 atom stereocenters. The second kappa shape index (κ2) is 8.34. The van der Waals surface area contributed by atoms with E-state index in [9.17, 15) is 9.59 Å². The standard InChI is InChI=1S/C18H19ClN2O2/c1-13(22)20-11-10-18(23)21-12-15-4-2-3-5-17(15)14-6-8-16(19)9-7-14/h2-9H,10-12H2,1H3,(H,20,22)(H,21,23). The van der Waals surface area contributed by atoms with Gasteiger partial charge in [-0.05, 0) is 28.8 Å². The lowest BCUT2D eigenvalue weighted by molar-refractivity contribution is -0.121. The fourth-order valence-electron chi connectivity index (χ4n) is 2.22. The van der Waals surface area contributed by atoms with Crippen LogP contribution < -0.4 is 10.6 Å².